The van der Waals surface area contributed by atoms with Crippen LogP contribution in [0.3, 0.4) is 0 Å². The molecular weight excluding hydrogens is 372 g/mol. The van der Waals surface area contributed by atoms with E-state index >= 15 is 0 Å². The highest BCUT2D eigenvalue weighted by Crippen LogP contribution is 2.44. The molecule has 4 heteroatoms. The Morgan fingerprint density at radius 2 is 1.47 bits per heavy atom. The third-order valence-electron chi connectivity index (χ3n) is 7.12. The predicted octanol–water partition coefficient (Wildman–Crippen LogP) is 5.09. The zero-order valence-corrected chi connectivity index (χ0v) is 17.7. The van der Waals surface area contributed by atoms with Crippen LogP contribution in [0.15, 0.2) is 48.5 Å². The van der Waals surface area contributed by atoms with Crippen molar-refractivity contribution in [2.24, 2.45) is 5.92 Å². The third kappa shape index (κ3) is 4.11. The number of rotatable bonds is 4. The van der Waals surface area contributed by atoms with Crippen molar-refractivity contribution in [2.75, 3.05) is 19.6 Å². The van der Waals surface area contributed by atoms with E-state index in [1.54, 1.807) is 0 Å². The Morgan fingerprint density at radius 1 is 0.867 bits per heavy atom. The number of hydrogen-bond acceptors (Lipinski definition) is 3. The molecule has 3 aliphatic rings. The van der Waals surface area contributed by atoms with Gasteiger partial charge >= 0.3 is 0 Å². The lowest BCUT2D eigenvalue weighted by molar-refractivity contribution is -0.122. The molecule has 0 atom stereocenters. The fraction of sp³-hybridized carbons (Fsp3) is 0.500. The molecule has 1 saturated heterocycles. The van der Waals surface area contributed by atoms with Gasteiger partial charge in [0.15, 0.2) is 0 Å². The van der Waals surface area contributed by atoms with Gasteiger partial charge in [0.2, 0.25) is 5.91 Å². The molecule has 2 aliphatic heterocycles. The smallest absolute Gasteiger partial charge is 0.232 e. The topological polar surface area (TPSA) is 41.6 Å². The van der Waals surface area contributed by atoms with Crippen molar-refractivity contribution < 1.29 is 9.53 Å². The highest BCUT2D eigenvalue weighted by atomic mass is 16.5. The van der Waals surface area contributed by atoms with Crippen LogP contribution in [0.25, 0.3) is 0 Å². The van der Waals surface area contributed by atoms with Crippen LogP contribution in [0.1, 0.15) is 62.0 Å². The van der Waals surface area contributed by atoms with E-state index in [1.807, 2.05) is 48.5 Å². The van der Waals surface area contributed by atoms with Crippen molar-refractivity contribution in [1.82, 2.24) is 10.2 Å². The molecule has 5 rings (SSSR count). The minimum atomic E-state index is -0.300. The van der Waals surface area contributed by atoms with Gasteiger partial charge in [-0.15, -0.1) is 0 Å². The molecular formula is C26H32N2O2. The number of fused-ring (bicyclic) bond motifs is 2. The van der Waals surface area contributed by atoms with Gasteiger partial charge in [-0.25, -0.2) is 0 Å². The van der Waals surface area contributed by atoms with E-state index in [0.29, 0.717) is 0 Å². The number of amides is 1. The number of para-hydroxylation sites is 2. The van der Waals surface area contributed by atoms with E-state index < -0.39 is 0 Å². The average molecular weight is 405 g/mol. The SMILES string of the molecule is O=C(NC1CCN(CC2CCCCC2)CC1)C1c2ccccc2Oc2ccccc21. The first-order valence-corrected chi connectivity index (χ1v) is 11.7. The van der Waals surface area contributed by atoms with Gasteiger partial charge in [0.25, 0.3) is 0 Å². The van der Waals surface area contributed by atoms with Gasteiger partial charge in [-0.1, -0.05) is 55.7 Å². The van der Waals surface area contributed by atoms with Gasteiger partial charge in [0, 0.05) is 36.8 Å². The number of nitrogens with one attached hydrogen (secondary N) is 1. The Hall–Kier alpha value is -2.33. The van der Waals surface area contributed by atoms with Crippen molar-refractivity contribution in [3.63, 3.8) is 0 Å². The van der Waals surface area contributed by atoms with E-state index in [9.17, 15) is 4.79 Å². The molecule has 2 fully saturated rings. The number of carbonyl (C=O) groups is 1. The summed E-state index contributed by atoms with van der Waals surface area (Å²) in [5.74, 6) is 2.27. The molecule has 0 unspecified atom stereocenters. The highest BCUT2D eigenvalue weighted by Gasteiger charge is 2.34. The Balaban J connectivity index is 1.23. The van der Waals surface area contributed by atoms with Crippen LogP contribution in [-0.2, 0) is 4.79 Å². The van der Waals surface area contributed by atoms with E-state index in [0.717, 1.165) is 54.5 Å². The van der Waals surface area contributed by atoms with Crippen LogP contribution in [0, 0.1) is 5.92 Å². The number of hydrogen-bond donors (Lipinski definition) is 1. The molecule has 1 saturated carbocycles. The lowest BCUT2D eigenvalue weighted by Gasteiger charge is -2.36. The van der Waals surface area contributed by atoms with Crippen molar-refractivity contribution in [3.05, 3.63) is 59.7 Å². The summed E-state index contributed by atoms with van der Waals surface area (Å²) in [5.41, 5.74) is 1.92. The minimum Gasteiger partial charge on any atom is -0.457 e. The van der Waals surface area contributed by atoms with Crippen LogP contribution >= 0.6 is 0 Å². The normalized spacial score (nSPS) is 20.8. The Bertz CT molecular complexity index is 837. The number of nitrogens with zero attached hydrogens (tertiary/aromatic N) is 1. The summed E-state index contributed by atoms with van der Waals surface area (Å²) in [6.45, 7) is 3.45. The Kier molecular flexibility index (Phi) is 5.76. The Morgan fingerprint density at radius 3 is 2.10 bits per heavy atom. The third-order valence-corrected chi connectivity index (χ3v) is 7.12. The summed E-state index contributed by atoms with van der Waals surface area (Å²) in [7, 11) is 0. The van der Waals surface area contributed by atoms with Crippen LogP contribution in [0.5, 0.6) is 11.5 Å². The second-order valence-electron chi connectivity index (χ2n) is 9.20. The molecule has 30 heavy (non-hydrogen) atoms. The largest absolute Gasteiger partial charge is 0.457 e. The van der Waals surface area contributed by atoms with Crippen molar-refractivity contribution in [2.45, 2.75) is 56.9 Å². The number of ether oxygens (including phenoxy) is 1. The number of benzene rings is 2. The lowest BCUT2D eigenvalue weighted by atomic mass is 9.86. The van der Waals surface area contributed by atoms with E-state index in [1.165, 1.54) is 38.6 Å². The van der Waals surface area contributed by atoms with Gasteiger partial charge < -0.3 is 15.0 Å². The molecule has 158 valence electrons. The second-order valence-corrected chi connectivity index (χ2v) is 9.20. The molecule has 1 N–H and O–H groups in total. The summed E-state index contributed by atoms with van der Waals surface area (Å²) in [5, 5.41) is 3.37. The summed E-state index contributed by atoms with van der Waals surface area (Å²) >= 11 is 0. The average Bonchev–Trinajstić information content (AvgIpc) is 2.79. The first-order valence-electron chi connectivity index (χ1n) is 11.7. The molecule has 0 spiro atoms. The van der Waals surface area contributed by atoms with Crippen molar-refractivity contribution in [3.8, 4) is 11.5 Å². The van der Waals surface area contributed by atoms with Gasteiger partial charge in [-0.05, 0) is 43.7 Å². The minimum absolute atomic E-state index is 0.101. The fourth-order valence-corrected chi connectivity index (χ4v) is 5.47. The molecule has 0 aromatic heterocycles. The molecule has 2 heterocycles. The maximum atomic E-state index is 13.4. The molecule has 4 nitrogen and oxygen atoms in total. The first kappa shape index (κ1) is 19.6. The molecule has 0 bridgehead atoms. The van der Waals surface area contributed by atoms with Crippen molar-refractivity contribution in [1.29, 1.82) is 0 Å². The van der Waals surface area contributed by atoms with Crippen molar-refractivity contribution >= 4 is 5.91 Å². The maximum absolute atomic E-state index is 13.4. The molecule has 1 amide bonds. The van der Waals surface area contributed by atoms with Crippen LogP contribution < -0.4 is 10.1 Å². The van der Waals surface area contributed by atoms with E-state index in [-0.39, 0.29) is 17.9 Å². The molecule has 2 aromatic carbocycles. The van der Waals surface area contributed by atoms with Crippen LogP contribution in [0.2, 0.25) is 0 Å². The quantitative estimate of drug-likeness (QED) is 0.772. The molecule has 1 aliphatic carbocycles. The van der Waals surface area contributed by atoms with Gasteiger partial charge in [0.1, 0.15) is 11.5 Å². The van der Waals surface area contributed by atoms with Gasteiger partial charge in [0.05, 0.1) is 5.92 Å². The van der Waals surface area contributed by atoms with Crippen LogP contribution in [-0.4, -0.2) is 36.5 Å². The lowest BCUT2D eigenvalue weighted by Crippen LogP contribution is -2.47. The Labute approximate surface area is 179 Å². The van der Waals surface area contributed by atoms with Gasteiger partial charge in [-0.3, -0.25) is 4.79 Å². The maximum Gasteiger partial charge on any atom is 0.232 e. The summed E-state index contributed by atoms with van der Waals surface area (Å²) < 4.78 is 6.05. The number of piperidine rings is 1. The number of likely N-dealkylation sites (tertiary alicyclic amines) is 1. The summed E-state index contributed by atoms with van der Waals surface area (Å²) in [6, 6.07) is 16.1. The van der Waals surface area contributed by atoms with E-state index in [2.05, 4.69) is 10.2 Å². The van der Waals surface area contributed by atoms with E-state index in [4.69, 9.17) is 4.74 Å². The predicted molar refractivity (Wildman–Crippen MR) is 119 cm³/mol. The molecule has 0 radical (unpaired) electrons. The summed E-state index contributed by atoms with van der Waals surface area (Å²) in [4.78, 5) is 16.0. The highest BCUT2D eigenvalue weighted by molar-refractivity contribution is 5.89. The number of carbonyl (C=O) groups excluding carboxylic acids is 1. The van der Waals surface area contributed by atoms with Gasteiger partial charge in [-0.2, -0.15) is 0 Å². The monoisotopic (exact) mass is 404 g/mol. The zero-order valence-electron chi connectivity index (χ0n) is 17.7. The first-order chi connectivity index (χ1) is 14.8. The zero-order chi connectivity index (χ0) is 20.3. The summed E-state index contributed by atoms with van der Waals surface area (Å²) in [6.07, 6.45) is 9.13. The fourth-order valence-electron chi connectivity index (χ4n) is 5.47. The van der Waals surface area contributed by atoms with Crippen LogP contribution in [0.4, 0.5) is 0 Å². The standard InChI is InChI=1S/C26H32N2O2/c29-26(27-20-14-16-28(17-15-20)18-19-8-2-1-3-9-19)25-21-10-4-6-12-23(21)30-24-13-7-5-11-22(24)25/h4-7,10-13,19-20,25H,1-3,8-9,14-18H2,(H,27,29). The molecule has 2 aromatic rings. The second kappa shape index (κ2) is 8.81.